The average Bonchev–Trinajstić information content (AvgIpc) is 2.74. The molecule has 1 unspecified atom stereocenters. The SMILES string of the molecule is CCCCc1ccc(C(NC(=O)Cn2nc(C)c3ccccc3c2=O)C(C)C)cc1. The molecule has 1 amide bonds. The van der Waals surface area contributed by atoms with Gasteiger partial charge in [-0.1, -0.05) is 69.7 Å². The van der Waals surface area contributed by atoms with Gasteiger partial charge in [-0.05, 0) is 42.9 Å². The van der Waals surface area contributed by atoms with Crippen LogP contribution in [0.15, 0.2) is 53.3 Å². The van der Waals surface area contributed by atoms with E-state index < -0.39 is 0 Å². The molecule has 2 aromatic carbocycles. The normalized spacial score (nSPS) is 12.3. The van der Waals surface area contributed by atoms with Crippen LogP contribution < -0.4 is 10.9 Å². The van der Waals surface area contributed by atoms with Crippen LogP contribution in [0.1, 0.15) is 56.5 Å². The van der Waals surface area contributed by atoms with E-state index in [2.05, 4.69) is 55.5 Å². The standard InChI is InChI=1S/C25H31N3O2/c1-5-6-9-19-12-14-20(15-13-19)24(17(2)3)26-23(29)16-28-25(30)22-11-8-7-10-21(22)18(4)27-28/h7-8,10-15,17,24H,5-6,9,16H2,1-4H3,(H,26,29). The van der Waals surface area contributed by atoms with E-state index in [-0.39, 0.29) is 30.0 Å². The van der Waals surface area contributed by atoms with Gasteiger partial charge in [-0.3, -0.25) is 9.59 Å². The Morgan fingerprint density at radius 2 is 1.73 bits per heavy atom. The molecule has 0 spiro atoms. The van der Waals surface area contributed by atoms with Crippen molar-refractivity contribution in [1.82, 2.24) is 15.1 Å². The number of carbonyl (C=O) groups excluding carboxylic acids is 1. The summed E-state index contributed by atoms with van der Waals surface area (Å²) in [6.07, 6.45) is 3.43. The Hall–Kier alpha value is -2.95. The summed E-state index contributed by atoms with van der Waals surface area (Å²) in [6, 6.07) is 15.7. The molecule has 0 aliphatic rings. The summed E-state index contributed by atoms with van der Waals surface area (Å²) >= 11 is 0. The maximum atomic E-state index is 12.8. The summed E-state index contributed by atoms with van der Waals surface area (Å²) in [5.41, 5.74) is 2.89. The molecule has 0 saturated carbocycles. The fraction of sp³-hybridized carbons (Fsp3) is 0.400. The van der Waals surface area contributed by atoms with E-state index in [1.807, 2.05) is 25.1 Å². The van der Waals surface area contributed by atoms with E-state index in [1.165, 1.54) is 23.1 Å². The lowest BCUT2D eigenvalue weighted by Gasteiger charge is -2.23. The van der Waals surface area contributed by atoms with Crippen molar-refractivity contribution in [3.05, 3.63) is 75.7 Å². The molecule has 1 N–H and O–H groups in total. The molecule has 0 radical (unpaired) electrons. The van der Waals surface area contributed by atoms with Crippen molar-refractivity contribution in [2.24, 2.45) is 5.92 Å². The highest BCUT2D eigenvalue weighted by molar-refractivity contribution is 5.83. The summed E-state index contributed by atoms with van der Waals surface area (Å²) < 4.78 is 1.26. The van der Waals surface area contributed by atoms with Crippen LogP contribution in [-0.4, -0.2) is 15.7 Å². The molecule has 0 aliphatic heterocycles. The molecule has 3 aromatic rings. The second kappa shape index (κ2) is 9.70. The Morgan fingerprint density at radius 1 is 1.07 bits per heavy atom. The number of carbonyl (C=O) groups is 1. The van der Waals surface area contributed by atoms with E-state index in [0.717, 1.165) is 23.1 Å². The number of aromatic nitrogens is 2. The van der Waals surface area contributed by atoms with Gasteiger partial charge in [0.05, 0.1) is 17.1 Å². The lowest BCUT2D eigenvalue weighted by Crippen LogP contribution is -2.37. The summed E-state index contributed by atoms with van der Waals surface area (Å²) in [6.45, 7) is 8.12. The monoisotopic (exact) mass is 405 g/mol. The number of fused-ring (bicyclic) bond motifs is 1. The molecule has 1 heterocycles. The maximum absolute atomic E-state index is 12.8. The largest absolute Gasteiger partial charge is 0.347 e. The minimum atomic E-state index is -0.243. The van der Waals surface area contributed by atoms with Gasteiger partial charge in [0.15, 0.2) is 0 Å². The predicted molar refractivity (Wildman–Crippen MR) is 122 cm³/mol. The minimum absolute atomic E-state index is 0.0949. The van der Waals surface area contributed by atoms with Gasteiger partial charge in [-0.2, -0.15) is 5.10 Å². The highest BCUT2D eigenvalue weighted by atomic mass is 16.2. The molecular weight excluding hydrogens is 374 g/mol. The van der Waals surface area contributed by atoms with Crippen LogP contribution in [0.5, 0.6) is 0 Å². The first-order valence-electron chi connectivity index (χ1n) is 10.8. The third-order valence-corrected chi connectivity index (χ3v) is 5.49. The predicted octanol–water partition coefficient (Wildman–Crippen LogP) is 4.56. The van der Waals surface area contributed by atoms with Gasteiger partial charge in [0.25, 0.3) is 5.56 Å². The number of aryl methyl sites for hydroxylation is 2. The Kier molecular flexibility index (Phi) is 7.03. The molecule has 5 heteroatoms. The average molecular weight is 406 g/mol. The number of amides is 1. The van der Waals surface area contributed by atoms with Crippen LogP contribution in [0, 0.1) is 12.8 Å². The van der Waals surface area contributed by atoms with Crippen LogP contribution in [0.4, 0.5) is 0 Å². The Morgan fingerprint density at radius 3 is 2.37 bits per heavy atom. The first-order valence-corrected chi connectivity index (χ1v) is 10.8. The third kappa shape index (κ3) is 4.96. The minimum Gasteiger partial charge on any atom is -0.347 e. The van der Waals surface area contributed by atoms with Crippen LogP contribution in [0.25, 0.3) is 10.8 Å². The van der Waals surface area contributed by atoms with Crippen LogP contribution in [0.2, 0.25) is 0 Å². The van der Waals surface area contributed by atoms with Gasteiger partial charge < -0.3 is 5.32 Å². The van der Waals surface area contributed by atoms with E-state index in [0.29, 0.717) is 5.39 Å². The summed E-state index contributed by atoms with van der Waals surface area (Å²) in [7, 11) is 0. The smallest absolute Gasteiger partial charge is 0.275 e. The van der Waals surface area contributed by atoms with Gasteiger partial charge >= 0.3 is 0 Å². The second-order valence-electron chi connectivity index (χ2n) is 8.23. The summed E-state index contributed by atoms with van der Waals surface area (Å²) in [5.74, 6) is 0.00602. The summed E-state index contributed by atoms with van der Waals surface area (Å²) in [4.78, 5) is 25.5. The number of rotatable bonds is 8. The van der Waals surface area contributed by atoms with Crippen molar-refractivity contribution in [2.45, 2.75) is 59.5 Å². The molecule has 3 rings (SSSR count). The molecule has 0 fully saturated rings. The quantitative estimate of drug-likeness (QED) is 0.597. The highest BCUT2D eigenvalue weighted by Crippen LogP contribution is 2.22. The molecule has 1 atom stereocenters. The number of nitrogens with zero attached hydrogens (tertiary/aromatic N) is 2. The molecule has 158 valence electrons. The number of hydrogen-bond acceptors (Lipinski definition) is 3. The summed E-state index contributed by atoms with van der Waals surface area (Å²) in [5, 5.41) is 8.85. The number of nitrogens with one attached hydrogen (secondary N) is 1. The Bertz CT molecular complexity index is 1070. The molecule has 30 heavy (non-hydrogen) atoms. The van der Waals surface area contributed by atoms with Gasteiger partial charge in [0.2, 0.25) is 5.91 Å². The lowest BCUT2D eigenvalue weighted by molar-refractivity contribution is -0.123. The van der Waals surface area contributed by atoms with E-state index in [1.54, 1.807) is 6.07 Å². The van der Waals surface area contributed by atoms with Crippen LogP contribution in [-0.2, 0) is 17.8 Å². The molecular formula is C25H31N3O2. The van der Waals surface area contributed by atoms with E-state index in [9.17, 15) is 9.59 Å². The third-order valence-electron chi connectivity index (χ3n) is 5.49. The van der Waals surface area contributed by atoms with Gasteiger partial charge in [-0.15, -0.1) is 0 Å². The van der Waals surface area contributed by atoms with Crippen molar-refractivity contribution in [3.63, 3.8) is 0 Å². The molecule has 5 nitrogen and oxygen atoms in total. The first-order chi connectivity index (χ1) is 14.4. The first kappa shape index (κ1) is 21.8. The van der Waals surface area contributed by atoms with E-state index >= 15 is 0 Å². The zero-order chi connectivity index (χ0) is 21.7. The van der Waals surface area contributed by atoms with Crippen molar-refractivity contribution >= 4 is 16.7 Å². The maximum Gasteiger partial charge on any atom is 0.275 e. The number of benzene rings is 2. The number of unbranched alkanes of at least 4 members (excludes halogenated alkanes) is 1. The topological polar surface area (TPSA) is 64.0 Å². The van der Waals surface area contributed by atoms with E-state index in [4.69, 9.17) is 0 Å². The van der Waals surface area contributed by atoms with Crippen LogP contribution in [0.3, 0.4) is 0 Å². The lowest BCUT2D eigenvalue weighted by atomic mass is 9.94. The van der Waals surface area contributed by atoms with Gasteiger partial charge in [-0.25, -0.2) is 4.68 Å². The second-order valence-corrected chi connectivity index (χ2v) is 8.23. The fourth-order valence-electron chi connectivity index (χ4n) is 3.77. The fourth-order valence-corrected chi connectivity index (χ4v) is 3.77. The molecule has 0 bridgehead atoms. The number of hydrogen-bond donors (Lipinski definition) is 1. The van der Waals surface area contributed by atoms with Crippen molar-refractivity contribution in [1.29, 1.82) is 0 Å². The van der Waals surface area contributed by atoms with Gasteiger partial charge in [0.1, 0.15) is 6.54 Å². The zero-order valence-corrected chi connectivity index (χ0v) is 18.3. The van der Waals surface area contributed by atoms with Crippen molar-refractivity contribution < 1.29 is 4.79 Å². The van der Waals surface area contributed by atoms with Crippen molar-refractivity contribution in [3.8, 4) is 0 Å². The van der Waals surface area contributed by atoms with Crippen molar-refractivity contribution in [2.75, 3.05) is 0 Å². The molecule has 0 saturated heterocycles. The molecule has 0 aliphatic carbocycles. The zero-order valence-electron chi connectivity index (χ0n) is 18.3. The molecule has 1 aromatic heterocycles. The Labute approximate surface area is 178 Å². The van der Waals surface area contributed by atoms with Gasteiger partial charge in [0, 0.05) is 5.39 Å². The Balaban J connectivity index is 1.77. The van der Waals surface area contributed by atoms with Crippen LogP contribution >= 0.6 is 0 Å². The highest BCUT2D eigenvalue weighted by Gasteiger charge is 2.19.